The molecular weight excluding hydrogens is 150 g/mol. The first-order valence-corrected chi connectivity index (χ1v) is 4.50. The van der Waals surface area contributed by atoms with Crippen LogP contribution in [0.2, 0.25) is 0 Å². The second-order valence-corrected chi connectivity index (χ2v) is 4.68. The molecule has 1 heterocycles. The molecule has 1 saturated heterocycles. The lowest BCUT2D eigenvalue weighted by Gasteiger charge is -2.26. The van der Waals surface area contributed by atoms with Crippen molar-refractivity contribution in [2.45, 2.75) is 27.2 Å². The van der Waals surface area contributed by atoms with Gasteiger partial charge in [-0.3, -0.25) is 5.41 Å². The van der Waals surface area contributed by atoms with Gasteiger partial charge in [0.05, 0.1) is 0 Å². The Balaban J connectivity index is 2.51. The van der Waals surface area contributed by atoms with E-state index in [9.17, 15) is 0 Å². The normalized spacial score (nSPS) is 24.6. The molecule has 1 rings (SSSR count). The van der Waals surface area contributed by atoms with Gasteiger partial charge in [0.2, 0.25) is 0 Å². The highest BCUT2D eigenvalue weighted by molar-refractivity contribution is 5.74. The highest BCUT2D eigenvalue weighted by atomic mass is 15.2. The highest BCUT2D eigenvalue weighted by Gasteiger charge is 2.31. The SMILES string of the molecule is CC(C)(C)C1CCN(C(=N)N)C1. The van der Waals surface area contributed by atoms with Crippen molar-refractivity contribution in [1.82, 2.24) is 4.90 Å². The molecule has 1 aliphatic heterocycles. The molecular formula is C9H19N3. The molecule has 0 bridgehead atoms. The maximum atomic E-state index is 7.29. The second kappa shape index (κ2) is 2.96. The van der Waals surface area contributed by atoms with Gasteiger partial charge in [-0.05, 0) is 17.8 Å². The minimum absolute atomic E-state index is 0.224. The molecule has 0 saturated carbocycles. The van der Waals surface area contributed by atoms with Gasteiger partial charge >= 0.3 is 0 Å². The zero-order valence-electron chi connectivity index (χ0n) is 8.22. The summed E-state index contributed by atoms with van der Waals surface area (Å²) in [5.41, 5.74) is 5.76. The molecule has 0 amide bonds. The molecule has 1 unspecified atom stereocenters. The number of likely N-dealkylation sites (tertiary alicyclic amines) is 1. The molecule has 0 aliphatic carbocycles. The van der Waals surface area contributed by atoms with Crippen LogP contribution >= 0.6 is 0 Å². The Kier molecular flexibility index (Phi) is 2.31. The molecule has 3 heteroatoms. The van der Waals surface area contributed by atoms with E-state index in [0.717, 1.165) is 13.1 Å². The zero-order chi connectivity index (χ0) is 9.35. The van der Waals surface area contributed by atoms with E-state index in [1.807, 2.05) is 4.90 Å². The maximum Gasteiger partial charge on any atom is 0.188 e. The Morgan fingerprint density at radius 3 is 2.33 bits per heavy atom. The second-order valence-electron chi connectivity index (χ2n) is 4.68. The lowest BCUT2D eigenvalue weighted by molar-refractivity contribution is 0.250. The summed E-state index contributed by atoms with van der Waals surface area (Å²) >= 11 is 0. The molecule has 0 aromatic carbocycles. The van der Waals surface area contributed by atoms with E-state index in [2.05, 4.69) is 20.8 Å². The molecule has 70 valence electrons. The van der Waals surface area contributed by atoms with Gasteiger partial charge in [-0.15, -0.1) is 0 Å². The average molecular weight is 169 g/mol. The number of hydrogen-bond acceptors (Lipinski definition) is 1. The number of nitrogens with one attached hydrogen (secondary N) is 1. The molecule has 0 spiro atoms. The van der Waals surface area contributed by atoms with Crippen LogP contribution in [0.5, 0.6) is 0 Å². The van der Waals surface area contributed by atoms with Crippen LogP contribution < -0.4 is 5.73 Å². The predicted octanol–water partition coefficient (Wildman–Crippen LogP) is 1.25. The minimum Gasteiger partial charge on any atom is -0.370 e. The summed E-state index contributed by atoms with van der Waals surface area (Å²) in [4.78, 5) is 1.95. The van der Waals surface area contributed by atoms with Crippen molar-refractivity contribution in [3.63, 3.8) is 0 Å². The standard InChI is InChI=1S/C9H19N3/c1-9(2,3)7-4-5-12(6-7)8(10)11/h7H,4-6H2,1-3H3,(H3,10,11). The van der Waals surface area contributed by atoms with E-state index >= 15 is 0 Å². The van der Waals surface area contributed by atoms with E-state index in [0.29, 0.717) is 11.3 Å². The van der Waals surface area contributed by atoms with Crippen LogP contribution in [-0.4, -0.2) is 23.9 Å². The Bertz CT molecular complexity index is 181. The van der Waals surface area contributed by atoms with Gasteiger partial charge in [0, 0.05) is 13.1 Å². The first kappa shape index (κ1) is 9.36. The van der Waals surface area contributed by atoms with E-state index in [4.69, 9.17) is 11.1 Å². The van der Waals surface area contributed by atoms with Crippen LogP contribution in [0.25, 0.3) is 0 Å². The van der Waals surface area contributed by atoms with Gasteiger partial charge in [-0.2, -0.15) is 0 Å². The molecule has 0 aromatic heterocycles. The lowest BCUT2D eigenvalue weighted by Crippen LogP contribution is -2.35. The van der Waals surface area contributed by atoms with Gasteiger partial charge in [0.25, 0.3) is 0 Å². The summed E-state index contributed by atoms with van der Waals surface area (Å²) in [6, 6.07) is 0. The van der Waals surface area contributed by atoms with E-state index in [-0.39, 0.29) is 5.96 Å². The first-order chi connectivity index (χ1) is 5.41. The van der Waals surface area contributed by atoms with Crippen molar-refractivity contribution < 1.29 is 0 Å². The molecule has 1 aliphatic rings. The minimum atomic E-state index is 0.224. The van der Waals surface area contributed by atoms with E-state index in [1.54, 1.807) is 0 Å². The van der Waals surface area contributed by atoms with Crippen molar-refractivity contribution in [1.29, 1.82) is 5.41 Å². The Hall–Kier alpha value is -0.730. The van der Waals surface area contributed by atoms with Gasteiger partial charge < -0.3 is 10.6 Å². The number of hydrogen-bond donors (Lipinski definition) is 2. The first-order valence-electron chi connectivity index (χ1n) is 4.50. The van der Waals surface area contributed by atoms with Crippen molar-refractivity contribution in [3.05, 3.63) is 0 Å². The fraction of sp³-hybridized carbons (Fsp3) is 0.889. The van der Waals surface area contributed by atoms with Crippen molar-refractivity contribution >= 4 is 5.96 Å². The molecule has 3 nitrogen and oxygen atoms in total. The fourth-order valence-corrected chi connectivity index (χ4v) is 1.69. The van der Waals surface area contributed by atoms with Gasteiger partial charge in [0.15, 0.2) is 5.96 Å². The fourth-order valence-electron chi connectivity index (χ4n) is 1.69. The number of rotatable bonds is 0. The maximum absolute atomic E-state index is 7.29. The quantitative estimate of drug-likeness (QED) is 0.423. The lowest BCUT2D eigenvalue weighted by atomic mass is 9.80. The van der Waals surface area contributed by atoms with Crippen LogP contribution in [0.3, 0.4) is 0 Å². The largest absolute Gasteiger partial charge is 0.370 e. The third kappa shape index (κ3) is 1.90. The van der Waals surface area contributed by atoms with Gasteiger partial charge in [-0.1, -0.05) is 20.8 Å². The molecule has 0 radical (unpaired) electrons. The van der Waals surface area contributed by atoms with Crippen molar-refractivity contribution in [2.75, 3.05) is 13.1 Å². The van der Waals surface area contributed by atoms with Crippen molar-refractivity contribution in [3.8, 4) is 0 Å². The van der Waals surface area contributed by atoms with Crippen LogP contribution in [0.15, 0.2) is 0 Å². The number of guanidine groups is 1. The third-order valence-electron chi connectivity index (χ3n) is 2.75. The smallest absolute Gasteiger partial charge is 0.188 e. The summed E-state index contributed by atoms with van der Waals surface area (Å²) < 4.78 is 0. The molecule has 1 atom stereocenters. The summed E-state index contributed by atoms with van der Waals surface area (Å²) in [6.45, 7) is 8.67. The van der Waals surface area contributed by atoms with Crippen LogP contribution in [0.1, 0.15) is 27.2 Å². The monoisotopic (exact) mass is 169 g/mol. The molecule has 3 N–H and O–H groups in total. The summed E-state index contributed by atoms with van der Waals surface area (Å²) in [7, 11) is 0. The van der Waals surface area contributed by atoms with Gasteiger partial charge in [-0.25, -0.2) is 0 Å². The molecule has 0 aromatic rings. The number of nitrogens with two attached hydrogens (primary N) is 1. The van der Waals surface area contributed by atoms with E-state index < -0.39 is 0 Å². The molecule has 12 heavy (non-hydrogen) atoms. The molecule has 1 fully saturated rings. The number of nitrogens with zero attached hydrogens (tertiary/aromatic N) is 1. The van der Waals surface area contributed by atoms with Crippen molar-refractivity contribution in [2.24, 2.45) is 17.1 Å². The Labute approximate surface area is 74.4 Å². The van der Waals surface area contributed by atoms with Gasteiger partial charge in [0.1, 0.15) is 0 Å². The third-order valence-corrected chi connectivity index (χ3v) is 2.75. The van der Waals surface area contributed by atoms with E-state index in [1.165, 1.54) is 6.42 Å². The zero-order valence-corrected chi connectivity index (χ0v) is 8.22. The highest BCUT2D eigenvalue weighted by Crippen LogP contribution is 2.33. The summed E-state index contributed by atoms with van der Waals surface area (Å²) in [6.07, 6.45) is 1.17. The summed E-state index contributed by atoms with van der Waals surface area (Å²) in [5, 5.41) is 7.29. The predicted molar refractivity (Wildman–Crippen MR) is 51.0 cm³/mol. The topological polar surface area (TPSA) is 53.1 Å². The van der Waals surface area contributed by atoms with Crippen LogP contribution in [-0.2, 0) is 0 Å². The Morgan fingerprint density at radius 2 is 2.08 bits per heavy atom. The van der Waals surface area contributed by atoms with Crippen LogP contribution in [0.4, 0.5) is 0 Å². The average Bonchev–Trinajstić information content (AvgIpc) is 2.30. The summed E-state index contributed by atoms with van der Waals surface area (Å²) in [5.74, 6) is 0.906. The van der Waals surface area contributed by atoms with Crippen LogP contribution in [0, 0.1) is 16.7 Å². The Morgan fingerprint density at radius 1 is 1.50 bits per heavy atom.